The highest BCUT2D eigenvalue weighted by Crippen LogP contribution is 2.13. The summed E-state index contributed by atoms with van der Waals surface area (Å²) >= 11 is 0. The molecule has 1 aromatic carbocycles. The van der Waals surface area contributed by atoms with Crippen LogP contribution in [-0.4, -0.2) is 26.8 Å². The van der Waals surface area contributed by atoms with E-state index in [-0.39, 0.29) is 17.6 Å². The molecule has 1 fully saturated rings. The molecule has 0 amide bonds. The van der Waals surface area contributed by atoms with Gasteiger partial charge >= 0.3 is 0 Å². The molecule has 0 unspecified atom stereocenters. The maximum absolute atomic E-state index is 13.4. The molecule has 1 saturated heterocycles. The van der Waals surface area contributed by atoms with Gasteiger partial charge in [-0.05, 0) is 32.0 Å². The van der Waals surface area contributed by atoms with Crippen LogP contribution < -0.4 is 10.0 Å². The second kappa shape index (κ2) is 5.77. The molecule has 6 heteroatoms. The van der Waals surface area contributed by atoms with Crippen LogP contribution >= 0.6 is 0 Å². The van der Waals surface area contributed by atoms with E-state index in [2.05, 4.69) is 10.0 Å². The summed E-state index contributed by atoms with van der Waals surface area (Å²) in [4.78, 5) is 0. The summed E-state index contributed by atoms with van der Waals surface area (Å²) in [5.74, 6) is -0.384. The monoisotopic (exact) mass is 272 g/mol. The third-order valence-electron chi connectivity index (χ3n) is 3.15. The second-order valence-electron chi connectivity index (χ2n) is 4.41. The summed E-state index contributed by atoms with van der Waals surface area (Å²) < 4.78 is 39.9. The van der Waals surface area contributed by atoms with Gasteiger partial charge in [0.25, 0.3) is 0 Å². The van der Waals surface area contributed by atoms with E-state index < -0.39 is 10.0 Å². The maximum Gasteiger partial charge on any atom is 0.214 e. The molecule has 1 aromatic rings. The molecule has 1 aliphatic rings. The van der Waals surface area contributed by atoms with Gasteiger partial charge in [0.15, 0.2) is 0 Å². The van der Waals surface area contributed by atoms with Crippen molar-refractivity contribution in [2.45, 2.75) is 24.6 Å². The molecule has 2 rings (SSSR count). The van der Waals surface area contributed by atoms with Crippen LogP contribution in [-0.2, 0) is 16.6 Å². The SMILES string of the molecule is O=S(=O)(NCc1ccccc1F)C1CCNCC1. The van der Waals surface area contributed by atoms with Crippen LogP contribution in [0.25, 0.3) is 0 Å². The van der Waals surface area contributed by atoms with Crippen molar-refractivity contribution >= 4 is 10.0 Å². The number of benzene rings is 1. The number of piperidine rings is 1. The molecule has 0 atom stereocenters. The number of sulfonamides is 1. The van der Waals surface area contributed by atoms with E-state index in [0.29, 0.717) is 31.5 Å². The Kier molecular flexibility index (Phi) is 4.31. The molecule has 0 bridgehead atoms. The van der Waals surface area contributed by atoms with Crippen LogP contribution in [0.15, 0.2) is 24.3 Å². The van der Waals surface area contributed by atoms with Crippen molar-refractivity contribution in [2.24, 2.45) is 0 Å². The fraction of sp³-hybridized carbons (Fsp3) is 0.500. The number of hydrogen-bond acceptors (Lipinski definition) is 3. The van der Waals surface area contributed by atoms with Crippen LogP contribution in [0.1, 0.15) is 18.4 Å². The smallest absolute Gasteiger partial charge is 0.214 e. The van der Waals surface area contributed by atoms with Crippen LogP contribution in [0.5, 0.6) is 0 Å². The number of halogens is 1. The zero-order chi connectivity index (χ0) is 13.0. The van der Waals surface area contributed by atoms with E-state index in [9.17, 15) is 12.8 Å². The van der Waals surface area contributed by atoms with Gasteiger partial charge in [0.1, 0.15) is 5.82 Å². The predicted molar refractivity (Wildman–Crippen MR) is 68.1 cm³/mol. The van der Waals surface area contributed by atoms with Gasteiger partial charge in [0.2, 0.25) is 10.0 Å². The minimum Gasteiger partial charge on any atom is -0.317 e. The zero-order valence-corrected chi connectivity index (χ0v) is 10.8. The molecular formula is C12H17FN2O2S. The van der Waals surface area contributed by atoms with E-state index in [0.717, 1.165) is 0 Å². The van der Waals surface area contributed by atoms with Crippen LogP contribution in [0, 0.1) is 5.82 Å². The lowest BCUT2D eigenvalue weighted by Crippen LogP contribution is -2.41. The summed E-state index contributed by atoms with van der Waals surface area (Å²) in [5, 5.41) is 2.75. The van der Waals surface area contributed by atoms with Crippen molar-refractivity contribution in [3.63, 3.8) is 0 Å². The fourth-order valence-electron chi connectivity index (χ4n) is 2.04. The molecule has 100 valence electrons. The molecule has 0 aliphatic carbocycles. The van der Waals surface area contributed by atoms with E-state index >= 15 is 0 Å². The Bertz CT molecular complexity index is 499. The molecule has 0 saturated carbocycles. The third-order valence-corrected chi connectivity index (χ3v) is 5.04. The highest BCUT2D eigenvalue weighted by molar-refractivity contribution is 7.90. The van der Waals surface area contributed by atoms with E-state index in [4.69, 9.17) is 0 Å². The van der Waals surface area contributed by atoms with Crippen molar-refractivity contribution in [2.75, 3.05) is 13.1 Å². The second-order valence-corrected chi connectivity index (χ2v) is 6.45. The topological polar surface area (TPSA) is 58.2 Å². The number of nitrogens with one attached hydrogen (secondary N) is 2. The van der Waals surface area contributed by atoms with Crippen LogP contribution in [0.2, 0.25) is 0 Å². The Morgan fingerprint density at radius 1 is 1.28 bits per heavy atom. The molecule has 0 spiro atoms. The van der Waals surface area contributed by atoms with E-state index in [1.54, 1.807) is 18.2 Å². The number of hydrogen-bond donors (Lipinski definition) is 2. The highest BCUT2D eigenvalue weighted by Gasteiger charge is 2.26. The Balaban J connectivity index is 1.98. The first kappa shape index (κ1) is 13.5. The first-order valence-corrected chi connectivity index (χ1v) is 7.57. The Hall–Kier alpha value is -0.980. The minimum absolute atomic E-state index is 0.0128. The van der Waals surface area contributed by atoms with Gasteiger partial charge in [0, 0.05) is 12.1 Å². The Labute approximate surface area is 107 Å². The molecule has 1 aliphatic heterocycles. The Morgan fingerprint density at radius 2 is 1.94 bits per heavy atom. The van der Waals surface area contributed by atoms with Crippen LogP contribution in [0.3, 0.4) is 0 Å². The lowest BCUT2D eigenvalue weighted by molar-refractivity contribution is 0.488. The molecule has 2 N–H and O–H groups in total. The van der Waals surface area contributed by atoms with Gasteiger partial charge in [-0.2, -0.15) is 0 Å². The highest BCUT2D eigenvalue weighted by atomic mass is 32.2. The molecule has 1 heterocycles. The standard InChI is InChI=1S/C12H17FN2O2S/c13-12-4-2-1-3-10(12)9-15-18(16,17)11-5-7-14-8-6-11/h1-4,11,14-15H,5-9H2. The summed E-state index contributed by atoms with van der Waals surface area (Å²) in [7, 11) is -3.35. The molecule has 4 nitrogen and oxygen atoms in total. The van der Waals surface area contributed by atoms with E-state index in [1.807, 2.05) is 0 Å². The third kappa shape index (κ3) is 3.28. The normalized spacial score (nSPS) is 17.8. The summed E-state index contributed by atoms with van der Waals surface area (Å²) in [5.41, 5.74) is 0.370. The maximum atomic E-state index is 13.4. The fourth-order valence-corrected chi connectivity index (χ4v) is 3.49. The largest absolute Gasteiger partial charge is 0.317 e. The molecule has 0 radical (unpaired) electrons. The lowest BCUT2D eigenvalue weighted by Gasteiger charge is -2.22. The average molecular weight is 272 g/mol. The van der Waals surface area contributed by atoms with Crippen molar-refractivity contribution in [3.05, 3.63) is 35.6 Å². The summed E-state index contributed by atoms with van der Waals surface area (Å²) in [6.45, 7) is 1.44. The van der Waals surface area contributed by atoms with Gasteiger partial charge in [-0.1, -0.05) is 18.2 Å². The van der Waals surface area contributed by atoms with Gasteiger partial charge < -0.3 is 5.32 Å². The first-order valence-electron chi connectivity index (χ1n) is 6.02. The van der Waals surface area contributed by atoms with Crippen molar-refractivity contribution < 1.29 is 12.8 Å². The Morgan fingerprint density at radius 3 is 2.61 bits per heavy atom. The zero-order valence-electron chi connectivity index (χ0n) is 10.0. The molecular weight excluding hydrogens is 255 g/mol. The molecule has 0 aromatic heterocycles. The van der Waals surface area contributed by atoms with Gasteiger partial charge in [-0.15, -0.1) is 0 Å². The first-order chi connectivity index (χ1) is 8.59. The predicted octanol–water partition coefficient (Wildman–Crippen LogP) is 0.997. The summed E-state index contributed by atoms with van der Waals surface area (Å²) in [6, 6.07) is 6.19. The minimum atomic E-state index is -3.35. The van der Waals surface area contributed by atoms with Crippen molar-refractivity contribution in [1.29, 1.82) is 0 Å². The lowest BCUT2D eigenvalue weighted by atomic mass is 10.2. The van der Waals surface area contributed by atoms with Gasteiger partial charge in [0.05, 0.1) is 5.25 Å². The molecule has 18 heavy (non-hydrogen) atoms. The summed E-state index contributed by atoms with van der Waals surface area (Å²) in [6.07, 6.45) is 1.21. The van der Waals surface area contributed by atoms with Crippen molar-refractivity contribution in [1.82, 2.24) is 10.0 Å². The average Bonchev–Trinajstić information content (AvgIpc) is 2.39. The quantitative estimate of drug-likeness (QED) is 0.859. The van der Waals surface area contributed by atoms with Gasteiger partial charge in [-0.3, -0.25) is 0 Å². The van der Waals surface area contributed by atoms with Crippen molar-refractivity contribution in [3.8, 4) is 0 Å². The van der Waals surface area contributed by atoms with Crippen LogP contribution in [0.4, 0.5) is 4.39 Å². The van der Waals surface area contributed by atoms with Gasteiger partial charge in [-0.25, -0.2) is 17.5 Å². The van der Waals surface area contributed by atoms with E-state index in [1.165, 1.54) is 6.07 Å². The number of rotatable bonds is 4.